The molecule has 0 spiro atoms. The molecule has 15 rings (SSSR count). The summed E-state index contributed by atoms with van der Waals surface area (Å²) >= 11 is 0. The molecule has 117 heavy (non-hydrogen) atoms. The number of hydrogen-bond acceptors (Lipinski definition) is 36. The highest BCUT2D eigenvalue weighted by atomic mass is 16.7. The Hall–Kier alpha value is -10.2. The van der Waals surface area contributed by atoms with Crippen LogP contribution in [0.5, 0.6) is 51.7 Å². The van der Waals surface area contributed by atoms with Crippen molar-refractivity contribution >= 4 is 52.0 Å². The van der Waals surface area contributed by atoms with E-state index in [0.29, 0.717) is 0 Å². The first kappa shape index (κ1) is 84.7. The third-order valence-electron chi connectivity index (χ3n) is 23.4. The molecule has 0 aromatic heterocycles. The number of aliphatic hydroxyl groups is 9. The highest BCUT2D eigenvalue weighted by Gasteiger charge is 2.55. The summed E-state index contributed by atoms with van der Waals surface area (Å²) in [6.07, 6.45) is -15.4. The molecule has 3 saturated heterocycles. The van der Waals surface area contributed by atoms with Crippen LogP contribution in [0.15, 0.2) is 54.6 Å². The minimum atomic E-state index is -2.24. The van der Waals surface area contributed by atoms with Gasteiger partial charge in [0.2, 0.25) is 17.3 Å². The number of hydrogen-bond donors (Lipinski definition) is 18. The van der Waals surface area contributed by atoms with Gasteiger partial charge in [0.1, 0.15) is 88.4 Å². The number of nitrogens with two attached hydrogens (primary N) is 3. The van der Waals surface area contributed by atoms with Crippen molar-refractivity contribution in [3.8, 4) is 51.7 Å². The summed E-state index contributed by atoms with van der Waals surface area (Å²) in [7, 11) is 3.97. The van der Waals surface area contributed by atoms with Gasteiger partial charge in [-0.2, -0.15) is 0 Å². The van der Waals surface area contributed by atoms with Crippen molar-refractivity contribution in [1.29, 1.82) is 0 Å². The number of rotatable bonds is 15. The van der Waals surface area contributed by atoms with Crippen LogP contribution in [-0.2, 0) is 62.1 Å². The second-order valence-corrected chi connectivity index (χ2v) is 30.5. The number of methoxy groups -OCH3 is 3. The van der Waals surface area contributed by atoms with Crippen LogP contribution in [0, 0.1) is 0 Å². The smallest absolute Gasteiger partial charge is 0.202 e. The van der Waals surface area contributed by atoms with Gasteiger partial charge in [-0.05, 0) is 39.0 Å². The zero-order valence-electron chi connectivity index (χ0n) is 63.6. The van der Waals surface area contributed by atoms with E-state index in [1.807, 2.05) is 0 Å². The van der Waals surface area contributed by atoms with Crippen molar-refractivity contribution in [2.24, 2.45) is 17.2 Å². The Morgan fingerprint density at radius 3 is 0.829 bits per heavy atom. The number of ketones is 9. The van der Waals surface area contributed by atoms with E-state index in [2.05, 4.69) is 0 Å². The fourth-order valence-electron chi connectivity index (χ4n) is 17.3. The van der Waals surface area contributed by atoms with Crippen LogP contribution in [0.4, 0.5) is 0 Å². The third kappa shape index (κ3) is 14.2. The molecule has 0 amide bonds. The summed E-state index contributed by atoms with van der Waals surface area (Å²) in [5.74, 6) is -11.3. The average molecular weight is 1630 g/mol. The number of ether oxygens (including phenoxy) is 9. The zero-order valence-corrected chi connectivity index (χ0v) is 63.6. The molecule has 0 radical (unpaired) electrons. The molecule has 21 N–H and O–H groups in total. The lowest BCUT2D eigenvalue weighted by molar-refractivity contribution is -0.247. The molecule has 3 heterocycles. The second kappa shape index (κ2) is 31.9. The number of fused-ring (bicyclic) bond motifs is 9. The van der Waals surface area contributed by atoms with E-state index in [9.17, 15) is 120 Å². The summed E-state index contributed by atoms with van der Waals surface area (Å²) in [5, 5.41) is 161. The standard InChI is InChI=1S/3C27H29NO11/c3*1-10-22(31)13(28)6-17(38-10)39-15-8-27(36,16(30)9-29)7-12-19(15)26(35)21-20(24(12)33)23(32)11-4-3-5-14(37-2)18(11)25(21)34/h3*3-5,10,13,15,17,22,29,31,33,35-36H,6-9,28H2,1-2H3/t3*10-,13-,15-,17-,22-,27-/m000/s1. The predicted octanol–water partition coefficient (Wildman–Crippen LogP) is 0.00390. The van der Waals surface area contributed by atoms with E-state index in [4.69, 9.17) is 59.8 Å². The van der Waals surface area contributed by atoms with Crippen LogP contribution in [-0.4, -0.2) is 260 Å². The molecule has 9 aliphatic rings. The number of carbonyl (C=O) groups excluding carboxylic acids is 9. The second-order valence-electron chi connectivity index (χ2n) is 30.5. The van der Waals surface area contributed by atoms with Crippen LogP contribution < -0.4 is 31.4 Å². The number of aromatic hydroxyl groups is 6. The van der Waals surface area contributed by atoms with E-state index in [-0.39, 0.29) is 103 Å². The normalized spacial score (nSPS) is 29.8. The van der Waals surface area contributed by atoms with E-state index >= 15 is 0 Å². The summed E-state index contributed by atoms with van der Waals surface area (Å²) in [5.41, 5.74) is 7.12. The first-order valence-electron chi connectivity index (χ1n) is 37.2. The Kier molecular flexibility index (Phi) is 23.1. The molecule has 0 unspecified atom stereocenters. The van der Waals surface area contributed by atoms with Crippen molar-refractivity contribution in [3.63, 3.8) is 0 Å². The molecule has 3 fully saturated rings. The Bertz CT molecular complexity index is 4630. The van der Waals surface area contributed by atoms with Gasteiger partial charge in [0.05, 0.1) is 126 Å². The molecule has 0 saturated carbocycles. The summed E-state index contributed by atoms with van der Waals surface area (Å²) in [4.78, 5) is 119. The summed E-state index contributed by atoms with van der Waals surface area (Å²) in [6.45, 7) is 1.68. The molecule has 6 aromatic carbocycles. The third-order valence-corrected chi connectivity index (χ3v) is 23.4. The predicted molar refractivity (Wildman–Crippen MR) is 395 cm³/mol. The minimum absolute atomic E-state index is 0.0173. The van der Waals surface area contributed by atoms with Gasteiger partial charge in [0.25, 0.3) is 0 Å². The Morgan fingerprint density at radius 2 is 0.615 bits per heavy atom. The number of aliphatic hydroxyl groups excluding tert-OH is 6. The van der Waals surface area contributed by atoms with Gasteiger partial charge in [-0.25, -0.2) is 0 Å². The SMILES string of the molecule is COc1cccc2c1C(=O)c1c(O)c3c(c(O)c1C2=O)C[C@@](O)(C(=O)CO)C[C@@H]3O[C@H]1C[C@H](N)[C@@H](O)[C@H](C)O1.COc1cccc2c1C(=O)c1c(O)c3c(c(O)c1C2=O)C[C@@](O)(C(=O)CO)C[C@@H]3O[C@H]1C[C@H](N)[C@@H](O)[C@H](C)O1.COc1cccc2c1C(=O)c1c(O)c3c(c(O)c1C2=O)C[C@@](O)(C(=O)CO)C[C@@H]3O[C@H]1C[C@H](N)[C@@H](O)[C@H](C)O1. The fourth-order valence-corrected chi connectivity index (χ4v) is 17.3. The van der Waals surface area contributed by atoms with Crippen molar-refractivity contribution in [3.05, 3.63) is 155 Å². The molecule has 6 aliphatic carbocycles. The van der Waals surface area contributed by atoms with E-state index in [1.54, 1.807) is 20.8 Å². The highest BCUT2D eigenvalue weighted by Crippen LogP contribution is 2.57. The van der Waals surface area contributed by atoms with Gasteiger partial charge in [0, 0.05) is 126 Å². The number of carbonyl (C=O) groups is 9. The largest absolute Gasteiger partial charge is 0.507 e. The monoisotopic (exact) mass is 1630 g/mol. The van der Waals surface area contributed by atoms with Gasteiger partial charge in [0.15, 0.2) is 53.6 Å². The van der Waals surface area contributed by atoms with Crippen LogP contribution in [0.3, 0.4) is 0 Å². The van der Waals surface area contributed by atoms with E-state index in [1.165, 1.54) is 75.9 Å². The van der Waals surface area contributed by atoms with E-state index < -0.39 is 287 Å². The molecule has 624 valence electrons. The molecule has 3 aliphatic heterocycles. The quantitative estimate of drug-likeness (QED) is 0.0601. The minimum Gasteiger partial charge on any atom is -0.507 e. The molecular formula is C81H87N3O33. The lowest BCUT2D eigenvalue weighted by Crippen LogP contribution is -2.53. The van der Waals surface area contributed by atoms with E-state index in [0.717, 1.165) is 0 Å². The van der Waals surface area contributed by atoms with Crippen molar-refractivity contribution in [1.82, 2.24) is 0 Å². The van der Waals surface area contributed by atoms with Crippen molar-refractivity contribution < 1.29 is 162 Å². The first-order chi connectivity index (χ1) is 55.3. The Labute approximate surface area is 664 Å². The van der Waals surface area contributed by atoms with Gasteiger partial charge in [-0.15, -0.1) is 0 Å². The van der Waals surface area contributed by atoms with Crippen molar-refractivity contribution in [2.75, 3.05) is 41.2 Å². The first-order valence-corrected chi connectivity index (χ1v) is 37.2. The van der Waals surface area contributed by atoms with Crippen LogP contribution in [0.2, 0.25) is 0 Å². The van der Waals surface area contributed by atoms with Crippen LogP contribution >= 0.6 is 0 Å². The van der Waals surface area contributed by atoms with Crippen molar-refractivity contribution in [2.45, 2.75) is 187 Å². The molecule has 36 nitrogen and oxygen atoms in total. The summed E-state index contributed by atoms with van der Waals surface area (Å²) in [6, 6.07) is 10.9. The molecule has 36 heteroatoms. The van der Waals surface area contributed by atoms with Gasteiger partial charge in [-0.3, -0.25) is 43.2 Å². The molecule has 6 aromatic rings. The highest BCUT2D eigenvalue weighted by molar-refractivity contribution is 6.33. The number of phenols is 6. The van der Waals surface area contributed by atoms with Gasteiger partial charge in [-0.1, -0.05) is 36.4 Å². The summed E-state index contributed by atoms with van der Waals surface area (Å²) < 4.78 is 51.0. The molecule has 18 atom stereocenters. The maximum atomic E-state index is 13.6. The Balaban J connectivity index is 0.000000152. The maximum absolute atomic E-state index is 13.6. The molecule has 0 bridgehead atoms. The lowest BCUT2D eigenvalue weighted by Gasteiger charge is -2.42. The fraction of sp³-hybridized carbons (Fsp3) is 0.444. The topological polar surface area (TPSA) is 618 Å². The van der Waals surface area contributed by atoms with Gasteiger partial charge < -0.3 is 136 Å². The average Bonchev–Trinajstić information content (AvgIpc) is 0.719. The lowest BCUT2D eigenvalue weighted by atomic mass is 9.72. The number of benzene rings is 6. The number of Topliss-reactive ketones (excluding diaryl/α,β-unsaturated/α-hetero) is 3. The van der Waals surface area contributed by atoms with Crippen LogP contribution in [0.25, 0.3) is 0 Å². The Morgan fingerprint density at radius 1 is 0.385 bits per heavy atom. The molecular weight excluding hydrogens is 1540 g/mol. The zero-order chi connectivity index (χ0) is 85.2. The van der Waals surface area contributed by atoms with Gasteiger partial charge >= 0.3 is 0 Å². The van der Waals surface area contributed by atoms with Crippen LogP contribution in [0.1, 0.15) is 207 Å². The number of phenolic OH excluding ortho intramolecular Hbond substituents is 6. The maximum Gasteiger partial charge on any atom is 0.202 e.